The Kier molecular flexibility index (Phi) is 4.07. The number of rotatable bonds is 4. The third-order valence-corrected chi connectivity index (χ3v) is 5.13. The lowest BCUT2D eigenvalue weighted by atomic mass is 10.3. The normalized spacial score (nSPS) is 11.6. The zero-order chi connectivity index (χ0) is 17.4. The summed E-state index contributed by atoms with van der Waals surface area (Å²) in [5, 5.41) is 1.07. The summed E-state index contributed by atoms with van der Waals surface area (Å²) in [6.07, 6.45) is 0. The number of benzene rings is 1. The molecule has 6 heteroatoms. The minimum absolute atomic E-state index is 0.0357. The first-order chi connectivity index (χ1) is 12.1. The number of aromatic nitrogens is 3. The highest BCUT2D eigenvalue weighted by Crippen LogP contribution is 2.22. The molecule has 3 aromatic heterocycles. The molecule has 4 rings (SSSR count). The molecule has 0 aliphatic heterocycles. The van der Waals surface area contributed by atoms with Crippen LogP contribution < -0.4 is 5.56 Å². The number of fused-ring (bicyclic) bond motifs is 2. The molecule has 0 saturated heterocycles. The second-order valence-corrected chi connectivity index (χ2v) is 7.31. The molecule has 5 nitrogen and oxygen atoms in total. The largest absolute Gasteiger partial charge is 0.294 e. The van der Waals surface area contributed by atoms with Crippen LogP contribution in [-0.2, 0) is 13.1 Å². The van der Waals surface area contributed by atoms with Crippen molar-refractivity contribution in [3.8, 4) is 0 Å². The van der Waals surface area contributed by atoms with Gasteiger partial charge in [0.25, 0.3) is 5.56 Å². The first-order valence-corrected chi connectivity index (χ1v) is 8.93. The molecule has 0 amide bonds. The summed E-state index contributed by atoms with van der Waals surface area (Å²) in [5.41, 5.74) is 3.36. The van der Waals surface area contributed by atoms with Crippen molar-refractivity contribution in [2.75, 3.05) is 7.05 Å². The van der Waals surface area contributed by atoms with Crippen molar-refractivity contribution in [2.24, 2.45) is 0 Å². The van der Waals surface area contributed by atoms with Gasteiger partial charge in [-0.05, 0) is 38.2 Å². The lowest BCUT2D eigenvalue weighted by Crippen LogP contribution is -2.22. The molecule has 0 fully saturated rings. The number of aryl methyl sites for hydroxylation is 1. The van der Waals surface area contributed by atoms with Crippen LogP contribution in [0.5, 0.6) is 0 Å². The Bertz CT molecular complexity index is 1080. The van der Waals surface area contributed by atoms with E-state index in [1.165, 1.54) is 4.70 Å². The van der Waals surface area contributed by atoms with E-state index in [0.29, 0.717) is 12.2 Å². The number of hydrogen-bond acceptors (Lipinski definition) is 5. The summed E-state index contributed by atoms with van der Waals surface area (Å²) in [6, 6.07) is 15.5. The van der Waals surface area contributed by atoms with Crippen molar-refractivity contribution in [1.29, 1.82) is 0 Å². The van der Waals surface area contributed by atoms with Gasteiger partial charge >= 0.3 is 0 Å². The van der Waals surface area contributed by atoms with Crippen molar-refractivity contribution >= 4 is 27.2 Å². The van der Waals surface area contributed by atoms with E-state index in [2.05, 4.69) is 20.9 Å². The predicted octanol–water partition coefficient (Wildman–Crippen LogP) is 3.24. The fourth-order valence-corrected chi connectivity index (χ4v) is 4.04. The summed E-state index contributed by atoms with van der Waals surface area (Å²) in [7, 11) is 2.02. The minimum Gasteiger partial charge on any atom is -0.294 e. The van der Waals surface area contributed by atoms with E-state index in [1.807, 2.05) is 50.4 Å². The van der Waals surface area contributed by atoms with E-state index in [-0.39, 0.29) is 5.56 Å². The van der Waals surface area contributed by atoms with Crippen LogP contribution in [0, 0.1) is 6.92 Å². The summed E-state index contributed by atoms with van der Waals surface area (Å²) in [4.78, 5) is 23.8. The van der Waals surface area contributed by atoms with Gasteiger partial charge in [0.1, 0.15) is 10.7 Å². The van der Waals surface area contributed by atoms with Crippen LogP contribution in [-0.4, -0.2) is 26.3 Å². The molecule has 126 valence electrons. The van der Waals surface area contributed by atoms with Crippen LogP contribution in [0.1, 0.15) is 16.4 Å². The Morgan fingerprint density at radius 2 is 1.92 bits per heavy atom. The van der Waals surface area contributed by atoms with Crippen LogP contribution in [0.3, 0.4) is 0 Å². The molecule has 0 bridgehead atoms. The van der Waals surface area contributed by atoms with Gasteiger partial charge in [-0.1, -0.05) is 18.2 Å². The Hall–Kier alpha value is -2.57. The van der Waals surface area contributed by atoms with Crippen LogP contribution in [0.15, 0.2) is 53.3 Å². The molecule has 0 aliphatic rings. The van der Waals surface area contributed by atoms with Gasteiger partial charge in [-0.3, -0.25) is 14.1 Å². The lowest BCUT2D eigenvalue weighted by molar-refractivity contribution is 0.315. The average Bonchev–Trinajstić information content (AvgIpc) is 2.96. The van der Waals surface area contributed by atoms with Crippen LogP contribution in [0.25, 0.3) is 15.9 Å². The fraction of sp³-hybridized carbons (Fsp3) is 0.211. The van der Waals surface area contributed by atoms with Crippen LogP contribution in [0.2, 0.25) is 0 Å². The van der Waals surface area contributed by atoms with Gasteiger partial charge in [0, 0.05) is 18.3 Å². The minimum atomic E-state index is -0.0357. The molecule has 0 saturated carbocycles. The van der Waals surface area contributed by atoms with Gasteiger partial charge in [0.15, 0.2) is 0 Å². The quantitative estimate of drug-likeness (QED) is 0.567. The molecule has 4 aromatic rings. The fourth-order valence-electron chi connectivity index (χ4n) is 3.00. The Morgan fingerprint density at radius 1 is 1.08 bits per heavy atom. The van der Waals surface area contributed by atoms with Crippen LogP contribution in [0.4, 0.5) is 0 Å². The monoisotopic (exact) mass is 350 g/mol. The van der Waals surface area contributed by atoms with E-state index in [4.69, 9.17) is 0 Å². The SMILES string of the molecule is Cc1cccc2nc(CN(C)Cc3nc4ccccc4s3)cc(=O)n12. The molecule has 0 spiro atoms. The highest BCUT2D eigenvalue weighted by molar-refractivity contribution is 7.18. The van der Waals surface area contributed by atoms with Gasteiger partial charge in [0.05, 0.1) is 22.5 Å². The Balaban J connectivity index is 1.57. The standard InChI is InChI=1S/C19H18N4OS/c1-13-6-5-9-17-20-14(10-19(24)23(13)17)11-22(2)12-18-21-15-7-3-4-8-16(15)25-18/h3-10H,11-12H2,1-2H3. The zero-order valence-electron chi connectivity index (χ0n) is 14.1. The maximum absolute atomic E-state index is 12.4. The molecule has 0 N–H and O–H groups in total. The molecule has 0 radical (unpaired) electrons. The Labute approximate surface area is 149 Å². The Morgan fingerprint density at radius 3 is 2.76 bits per heavy atom. The second kappa shape index (κ2) is 6.38. The third-order valence-electron chi connectivity index (χ3n) is 4.11. The van der Waals surface area contributed by atoms with E-state index in [1.54, 1.807) is 21.8 Å². The van der Waals surface area contributed by atoms with E-state index < -0.39 is 0 Å². The predicted molar refractivity (Wildman–Crippen MR) is 101 cm³/mol. The van der Waals surface area contributed by atoms with Gasteiger partial charge in [-0.15, -0.1) is 11.3 Å². The van der Waals surface area contributed by atoms with Gasteiger partial charge in [0.2, 0.25) is 0 Å². The highest BCUT2D eigenvalue weighted by atomic mass is 32.1. The van der Waals surface area contributed by atoms with Gasteiger partial charge in [-0.25, -0.2) is 9.97 Å². The first kappa shape index (κ1) is 15.9. The topological polar surface area (TPSA) is 50.5 Å². The third kappa shape index (κ3) is 3.18. The lowest BCUT2D eigenvalue weighted by Gasteiger charge is -2.15. The molecular formula is C19H18N4OS. The zero-order valence-corrected chi connectivity index (χ0v) is 15.0. The van der Waals surface area contributed by atoms with Crippen LogP contribution >= 0.6 is 11.3 Å². The highest BCUT2D eigenvalue weighted by Gasteiger charge is 2.10. The molecule has 3 heterocycles. The molecule has 0 aliphatic carbocycles. The molecule has 0 atom stereocenters. The van der Waals surface area contributed by atoms with Gasteiger partial charge < -0.3 is 0 Å². The number of para-hydroxylation sites is 1. The molecular weight excluding hydrogens is 332 g/mol. The average molecular weight is 350 g/mol. The maximum atomic E-state index is 12.4. The summed E-state index contributed by atoms with van der Waals surface area (Å²) >= 11 is 1.70. The smallest absolute Gasteiger partial charge is 0.258 e. The van der Waals surface area contributed by atoms with Crippen molar-refractivity contribution in [1.82, 2.24) is 19.3 Å². The number of nitrogens with zero attached hydrogens (tertiary/aromatic N) is 4. The van der Waals surface area contributed by atoms with E-state index >= 15 is 0 Å². The molecule has 1 aromatic carbocycles. The van der Waals surface area contributed by atoms with Crippen molar-refractivity contribution in [3.63, 3.8) is 0 Å². The second-order valence-electron chi connectivity index (χ2n) is 6.19. The van der Waals surface area contributed by atoms with Gasteiger partial charge in [-0.2, -0.15) is 0 Å². The number of thiazole rings is 1. The van der Waals surface area contributed by atoms with Crippen molar-refractivity contribution < 1.29 is 0 Å². The summed E-state index contributed by atoms with van der Waals surface area (Å²) in [5.74, 6) is 0. The van der Waals surface area contributed by atoms with Crippen molar-refractivity contribution in [3.05, 3.63) is 75.3 Å². The first-order valence-electron chi connectivity index (χ1n) is 8.11. The van der Waals surface area contributed by atoms with E-state index in [9.17, 15) is 4.79 Å². The van der Waals surface area contributed by atoms with E-state index in [0.717, 1.165) is 28.5 Å². The van der Waals surface area contributed by atoms with Crippen molar-refractivity contribution in [2.45, 2.75) is 20.0 Å². The molecule has 25 heavy (non-hydrogen) atoms. The number of pyridine rings is 1. The summed E-state index contributed by atoms with van der Waals surface area (Å²) in [6.45, 7) is 3.25. The maximum Gasteiger partial charge on any atom is 0.258 e. The molecule has 0 unspecified atom stereocenters. The summed E-state index contributed by atoms with van der Waals surface area (Å²) < 4.78 is 2.83. The number of hydrogen-bond donors (Lipinski definition) is 0.